The smallest absolute Gasteiger partial charge is 0.194 e. The van der Waals surface area contributed by atoms with E-state index < -0.39 is 0 Å². The molecular weight excluding hydrogens is 270 g/mol. The van der Waals surface area contributed by atoms with Gasteiger partial charge in [0.25, 0.3) is 0 Å². The monoisotopic (exact) mass is 289 g/mol. The molecule has 3 aromatic rings. The minimum atomic E-state index is 0.383. The van der Waals surface area contributed by atoms with Crippen LogP contribution in [0.1, 0.15) is 23.2 Å². The lowest BCUT2D eigenvalue weighted by molar-refractivity contribution is 0.471. The molecule has 20 heavy (non-hydrogen) atoms. The Morgan fingerprint density at radius 2 is 2.25 bits per heavy atom. The summed E-state index contributed by atoms with van der Waals surface area (Å²) in [5, 5.41) is 3.56. The highest BCUT2D eigenvalue weighted by atomic mass is 32.1. The van der Waals surface area contributed by atoms with Crippen LogP contribution in [0.25, 0.3) is 4.96 Å². The van der Waals surface area contributed by atoms with E-state index in [4.69, 9.17) is 0 Å². The van der Waals surface area contributed by atoms with Gasteiger partial charge in [0.1, 0.15) is 0 Å². The van der Waals surface area contributed by atoms with Gasteiger partial charge in [0.15, 0.2) is 4.96 Å². The van der Waals surface area contributed by atoms with E-state index in [0.717, 1.165) is 23.7 Å². The first-order valence-electron chi connectivity index (χ1n) is 6.76. The lowest BCUT2D eigenvalue weighted by atomic mass is 10.3. The molecule has 3 heterocycles. The minimum absolute atomic E-state index is 0.383. The van der Waals surface area contributed by atoms with Crippen molar-refractivity contribution in [2.24, 2.45) is 0 Å². The second-order valence-electron chi connectivity index (χ2n) is 5.18. The first-order valence-corrected chi connectivity index (χ1v) is 7.58. The summed E-state index contributed by atoms with van der Waals surface area (Å²) < 4.78 is 4.29. The second kappa shape index (κ2) is 5.38. The highest BCUT2D eigenvalue weighted by molar-refractivity contribution is 7.17. The molecule has 0 aliphatic carbocycles. The zero-order chi connectivity index (χ0) is 14.1. The Morgan fingerprint density at radius 1 is 1.40 bits per heavy atom. The van der Waals surface area contributed by atoms with Gasteiger partial charge < -0.3 is 9.88 Å². The van der Waals surface area contributed by atoms with E-state index in [-0.39, 0.29) is 0 Å². The number of nitrogens with zero attached hydrogens (tertiary/aromatic N) is 4. The number of rotatable bonds is 5. The van der Waals surface area contributed by atoms with E-state index in [1.54, 1.807) is 11.3 Å². The van der Waals surface area contributed by atoms with Crippen molar-refractivity contribution < 1.29 is 0 Å². The highest BCUT2D eigenvalue weighted by Gasteiger charge is 2.12. The first kappa shape index (κ1) is 13.3. The van der Waals surface area contributed by atoms with Gasteiger partial charge in [-0.2, -0.15) is 0 Å². The van der Waals surface area contributed by atoms with Crippen LogP contribution in [-0.4, -0.2) is 25.0 Å². The lowest BCUT2D eigenvalue weighted by Crippen LogP contribution is -2.30. The Balaban J connectivity index is 1.68. The zero-order valence-corrected chi connectivity index (χ0v) is 12.8. The Hall–Kier alpha value is -1.66. The van der Waals surface area contributed by atoms with Gasteiger partial charge in [0.2, 0.25) is 0 Å². The quantitative estimate of drug-likeness (QED) is 0.784. The van der Waals surface area contributed by atoms with Gasteiger partial charge in [-0.25, -0.2) is 9.97 Å². The molecule has 0 saturated carbocycles. The summed E-state index contributed by atoms with van der Waals surface area (Å²) in [6.45, 7) is 8.13. The predicted octanol–water partition coefficient (Wildman–Crippen LogP) is 2.39. The molecule has 0 radical (unpaired) electrons. The molecule has 0 fully saturated rings. The Morgan fingerprint density at radius 3 is 3.00 bits per heavy atom. The molecule has 0 bridgehead atoms. The van der Waals surface area contributed by atoms with Crippen molar-refractivity contribution >= 4 is 16.3 Å². The van der Waals surface area contributed by atoms with Crippen LogP contribution in [0.15, 0.2) is 24.9 Å². The van der Waals surface area contributed by atoms with Crippen LogP contribution < -0.4 is 5.32 Å². The first-order chi connectivity index (χ1) is 9.63. The third-order valence-electron chi connectivity index (χ3n) is 3.40. The van der Waals surface area contributed by atoms with Crippen LogP contribution in [0.5, 0.6) is 0 Å². The third-order valence-corrected chi connectivity index (χ3v) is 4.30. The van der Waals surface area contributed by atoms with Crippen LogP contribution in [0.3, 0.4) is 0 Å². The van der Waals surface area contributed by atoms with E-state index in [1.165, 1.54) is 10.6 Å². The van der Waals surface area contributed by atoms with Crippen LogP contribution in [-0.2, 0) is 13.1 Å². The van der Waals surface area contributed by atoms with Gasteiger partial charge in [-0.15, -0.1) is 11.3 Å². The largest absolute Gasteiger partial charge is 0.336 e. The van der Waals surface area contributed by atoms with Crippen LogP contribution in [0, 0.1) is 13.8 Å². The summed E-state index contributed by atoms with van der Waals surface area (Å²) in [6, 6.07) is 0.383. The molecule has 3 aromatic heterocycles. The molecule has 6 heteroatoms. The summed E-state index contributed by atoms with van der Waals surface area (Å²) in [5.41, 5.74) is 2.36. The minimum Gasteiger partial charge on any atom is -0.336 e. The summed E-state index contributed by atoms with van der Waals surface area (Å²) in [6.07, 6.45) is 7.81. The SMILES string of the molecule is Cc1cn2c(CNC(C)Cn3ccnc3)c(C)nc2s1. The molecule has 1 unspecified atom stereocenters. The number of nitrogens with one attached hydrogen (secondary N) is 1. The highest BCUT2D eigenvalue weighted by Crippen LogP contribution is 2.20. The van der Waals surface area contributed by atoms with Crippen molar-refractivity contribution in [1.82, 2.24) is 24.3 Å². The Labute approximate surface area is 122 Å². The van der Waals surface area contributed by atoms with E-state index in [2.05, 4.69) is 51.2 Å². The molecule has 0 saturated heterocycles. The average Bonchev–Trinajstić information content (AvgIpc) is 3.05. The lowest BCUT2D eigenvalue weighted by Gasteiger charge is -2.14. The standard InChI is InChI=1S/C14H19N5S/c1-10(7-18-5-4-15-9-18)16-6-13-12(3)17-14-19(13)8-11(2)20-14/h4-5,8-10,16H,6-7H2,1-3H3. The van der Waals surface area contributed by atoms with Crippen molar-refractivity contribution in [2.75, 3.05) is 0 Å². The van der Waals surface area contributed by atoms with Crippen LogP contribution in [0.2, 0.25) is 0 Å². The van der Waals surface area contributed by atoms with Crippen LogP contribution >= 0.6 is 11.3 Å². The average molecular weight is 289 g/mol. The molecule has 3 rings (SSSR count). The molecule has 5 nitrogen and oxygen atoms in total. The molecule has 0 aliphatic rings. The fraction of sp³-hybridized carbons (Fsp3) is 0.429. The van der Waals surface area contributed by atoms with Gasteiger partial charge >= 0.3 is 0 Å². The third kappa shape index (κ3) is 2.62. The summed E-state index contributed by atoms with van der Waals surface area (Å²) in [7, 11) is 0. The number of aryl methyl sites for hydroxylation is 2. The van der Waals surface area contributed by atoms with Crippen molar-refractivity contribution in [1.29, 1.82) is 0 Å². The molecule has 1 N–H and O–H groups in total. The Bertz CT molecular complexity index is 695. The molecule has 0 amide bonds. The fourth-order valence-electron chi connectivity index (χ4n) is 2.37. The van der Waals surface area contributed by atoms with Crippen molar-refractivity contribution in [3.63, 3.8) is 0 Å². The van der Waals surface area contributed by atoms with E-state index >= 15 is 0 Å². The molecular formula is C14H19N5S. The molecule has 0 aromatic carbocycles. The number of fused-ring (bicyclic) bond motifs is 1. The number of hydrogen-bond acceptors (Lipinski definition) is 4. The second-order valence-corrected chi connectivity index (χ2v) is 6.39. The van der Waals surface area contributed by atoms with E-state index in [0.29, 0.717) is 6.04 Å². The van der Waals surface area contributed by atoms with E-state index in [1.807, 2.05) is 18.7 Å². The van der Waals surface area contributed by atoms with Crippen molar-refractivity contribution in [3.05, 3.63) is 41.2 Å². The molecule has 1 atom stereocenters. The molecule has 0 spiro atoms. The van der Waals surface area contributed by atoms with Gasteiger partial charge in [-0.3, -0.25) is 4.40 Å². The van der Waals surface area contributed by atoms with Crippen molar-refractivity contribution in [3.8, 4) is 0 Å². The maximum absolute atomic E-state index is 4.61. The van der Waals surface area contributed by atoms with Gasteiger partial charge in [-0.1, -0.05) is 0 Å². The van der Waals surface area contributed by atoms with Gasteiger partial charge in [0.05, 0.1) is 17.7 Å². The maximum Gasteiger partial charge on any atom is 0.194 e. The number of hydrogen-bond donors (Lipinski definition) is 1. The van der Waals surface area contributed by atoms with Crippen molar-refractivity contribution in [2.45, 2.75) is 39.9 Å². The molecule has 106 valence electrons. The normalized spacial score (nSPS) is 13.2. The molecule has 0 aliphatic heterocycles. The summed E-state index contributed by atoms with van der Waals surface area (Å²) in [5.74, 6) is 0. The summed E-state index contributed by atoms with van der Waals surface area (Å²) >= 11 is 1.74. The fourth-order valence-corrected chi connectivity index (χ4v) is 3.26. The maximum atomic E-state index is 4.61. The Kier molecular flexibility index (Phi) is 3.58. The van der Waals surface area contributed by atoms with Crippen LogP contribution in [0.4, 0.5) is 0 Å². The number of aromatic nitrogens is 4. The van der Waals surface area contributed by atoms with E-state index in [9.17, 15) is 0 Å². The van der Waals surface area contributed by atoms with Gasteiger partial charge in [0, 0.05) is 42.6 Å². The zero-order valence-electron chi connectivity index (χ0n) is 12.0. The number of thiazole rings is 1. The number of imidazole rings is 2. The summed E-state index contributed by atoms with van der Waals surface area (Å²) in [4.78, 5) is 11.1. The topological polar surface area (TPSA) is 47.1 Å². The predicted molar refractivity (Wildman–Crippen MR) is 81.1 cm³/mol. The van der Waals surface area contributed by atoms with Gasteiger partial charge in [-0.05, 0) is 20.8 Å².